The van der Waals surface area contributed by atoms with Crippen LogP contribution in [0.1, 0.15) is 25.3 Å². The SMILES string of the molecule is CCCCOC(=O)/C=C/c1cnc(OC)cc1N. The largest absolute Gasteiger partial charge is 0.481 e. The Morgan fingerprint density at radius 3 is 2.94 bits per heavy atom. The van der Waals surface area contributed by atoms with Gasteiger partial charge in [0.25, 0.3) is 0 Å². The number of nitrogens with two attached hydrogens (primary N) is 1. The molecule has 18 heavy (non-hydrogen) atoms. The van der Waals surface area contributed by atoms with Crippen LogP contribution in [0.15, 0.2) is 18.3 Å². The third kappa shape index (κ3) is 4.45. The van der Waals surface area contributed by atoms with Crippen molar-refractivity contribution in [2.75, 3.05) is 19.5 Å². The minimum atomic E-state index is -0.376. The van der Waals surface area contributed by atoms with Crippen LogP contribution in [0.3, 0.4) is 0 Å². The number of pyridine rings is 1. The van der Waals surface area contributed by atoms with E-state index in [1.807, 2.05) is 6.92 Å². The number of rotatable bonds is 6. The standard InChI is InChI=1S/C13H18N2O3/c1-3-4-7-18-13(16)6-5-10-9-15-12(17-2)8-11(10)14/h5-6,8-9H,3-4,7H2,1-2H3,(H2,14,15)/b6-5+. The van der Waals surface area contributed by atoms with Gasteiger partial charge in [-0.25, -0.2) is 9.78 Å². The summed E-state index contributed by atoms with van der Waals surface area (Å²) in [4.78, 5) is 15.3. The number of nitrogens with zero attached hydrogens (tertiary/aromatic N) is 1. The van der Waals surface area contributed by atoms with E-state index < -0.39 is 0 Å². The van der Waals surface area contributed by atoms with Crippen molar-refractivity contribution < 1.29 is 14.3 Å². The van der Waals surface area contributed by atoms with Crippen LogP contribution < -0.4 is 10.5 Å². The van der Waals surface area contributed by atoms with Gasteiger partial charge in [0.2, 0.25) is 5.88 Å². The second-order valence-electron chi connectivity index (χ2n) is 3.71. The number of esters is 1. The minimum Gasteiger partial charge on any atom is -0.481 e. The highest BCUT2D eigenvalue weighted by atomic mass is 16.5. The lowest BCUT2D eigenvalue weighted by Crippen LogP contribution is -2.02. The maximum absolute atomic E-state index is 11.3. The molecule has 5 nitrogen and oxygen atoms in total. The topological polar surface area (TPSA) is 74.4 Å². The van der Waals surface area contributed by atoms with E-state index in [-0.39, 0.29) is 5.97 Å². The molecular weight excluding hydrogens is 232 g/mol. The van der Waals surface area contributed by atoms with Crippen LogP contribution in [0.5, 0.6) is 5.88 Å². The van der Waals surface area contributed by atoms with Crippen LogP contribution in [-0.4, -0.2) is 24.7 Å². The van der Waals surface area contributed by atoms with E-state index in [1.54, 1.807) is 18.3 Å². The van der Waals surface area contributed by atoms with Crippen molar-refractivity contribution in [1.82, 2.24) is 4.98 Å². The number of carbonyl (C=O) groups is 1. The average Bonchev–Trinajstić information content (AvgIpc) is 2.37. The fourth-order valence-corrected chi connectivity index (χ4v) is 1.24. The Kier molecular flexibility index (Phi) is 5.70. The molecule has 0 unspecified atom stereocenters. The van der Waals surface area contributed by atoms with Gasteiger partial charge in [0.1, 0.15) is 0 Å². The van der Waals surface area contributed by atoms with Crippen LogP contribution in [0, 0.1) is 0 Å². The molecule has 0 amide bonds. The molecule has 1 aromatic heterocycles. The number of ether oxygens (including phenoxy) is 2. The molecule has 0 radical (unpaired) electrons. The summed E-state index contributed by atoms with van der Waals surface area (Å²) >= 11 is 0. The Bertz CT molecular complexity index is 430. The fourth-order valence-electron chi connectivity index (χ4n) is 1.24. The van der Waals surface area contributed by atoms with Crippen molar-refractivity contribution in [3.05, 3.63) is 23.9 Å². The quantitative estimate of drug-likeness (QED) is 0.475. The number of hydrogen-bond donors (Lipinski definition) is 1. The first-order valence-electron chi connectivity index (χ1n) is 5.81. The zero-order chi connectivity index (χ0) is 13.4. The summed E-state index contributed by atoms with van der Waals surface area (Å²) in [6, 6.07) is 1.60. The molecule has 0 aromatic carbocycles. The van der Waals surface area contributed by atoms with E-state index in [1.165, 1.54) is 13.2 Å². The van der Waals surface area contributed by atoms with Crippen molar-refractivity contribution in [3.63, 3.8) is 0 Å². The van der Waals surface area contributed by atoms with Gasteiger partial charge in [-0.1, -0.05) is 13.3 Å². The van der Waals surface area contributed by atoms with E-state index in [4.69, 9.17) is 15.2 Å². The normalized spacial score (nSPS) is 10.6. The Labute approximate surface area is 107 Å². The number of methoxy groups -OCH3 is 1. The first-order chi connectivity index (χ1) is 8.67. The van der Waals surface area contributed by atoms with Gasteiger partial charge in [-0.15, -0.1) is 0 Å². The van der Waals surface area contributed by atoms with Crippen LogP contribution in [0.25, 0.3) is 6.08 Å². The third-order valence-electron chi connectivity index (χ3n) is 2.29. The van der Waals surface area contributed by atoms with Crippen LogP contribution in [0.4, 0.5) is 5.69 Å². The molecular formula is C13H18N2O3. The lowest BCUT2D eigenvalue weighted by molar-refractivity contribution is -0.137. The van der Waals surface area contributed by atoms with Gasteiger partial charge >= 0.3 is 5.97 Å². The molecule has 0 saturated carbocycles. The third-order valence-corrected chi connectivity index (χ3v) is 2.29. The van der Waals surface area contributed by atoms with Crippen molar-refractivity contribution in [3.8, 4) is 5.88 Å². The number of hydrogen-bond acceptors (Lipinski definition) is 5. The van der Waals surface area contributed by atoms with Gasteiger partial charge in [0.15, 0.2) is 0 Å². The van der Waals surface area contributed by atoms with E-state index in [9.17, 15) is 4.79 Å². The number of anilines is 1. The summed E-state index contributed by atoms with van der Waals surface area (Å²) in [5.74, 6) is 0.0637. The molecule has 0 bridgehead atoms. The van der Waals surface area contributed by atoms with Crippen LogP contribution in [0.2, 0.25) is 0 Å². The van der Waals surface area contributed by atoms with Crippen LogP contribution in [-0.2, 0) is 9.53 Å². The van der Waals surface area contributed by atoms with Gasteiger partial charge in [0.05, 0.1) is 13.7 Å². The van der Waals surface area contributed by atoms with E-state index >= 15 is 0 Å². The molecule has 5 heteroatoms. The van der Waals surface area contributed by atoms with E-state index in [2.05, 4.69) is 4.98 Å². The maximum Gasteiger partial charge on any atom is 0.330 e. The van der Waals surface area contributed by atoms with Crippen molar-refractivity contribution in [1.29, 1.82) is 0 Å². The summed E-state index contributed by atoms with van der Waals surface area (Å²) in [5.41, 5.74) is 6.94. The molecule has 0 aliphatic rings. The highest BCUT2D eigenvalue weighted by Crippen LogP contribution is 2.17. The van der Waals surface area contributed by atoms with Gasteiger partial charge in [-0.05, 0) is 12.5 Å². The molecule has 2 N–H and O–H groups in total. The van der Waals surface area contributed by atoms with E-state index in [0.717, 1.165) is 12.8 Å². The smallest absolute Gasteiger partial charge is 0.330 e. The summed E-state index contributed by atoms with van der Waals surface area (Å²) in [6.45, 7) is 2.48. The zero-order valence-electron chi connectivity index (χ0n) is 10.7. The zero-order valence-corrected chi connectivity index (χ0v) is 10.7. The first kappa shape index (κ1) is 14.0. The Morgan fingerprint density at radius 1 is 1.56 bits per heavy atom. The molecule has 0 fully saturated rings. The number of nitrogen functional groups attached to an aromatic ring is 1. The molecule has 1 rings (SSSR count). The second-order valence-corrected chi connectivity index (χ2v) is 3.71. The Balaban J connectivity index is 2.58. The van der Waals surface area contributed by atoms with Gasteiger partial charge in [-0.3, -0.25) is 0 Å². The summed E-state index contributed by atoms with van der Waals surface area (Å²) in [7, 11) is 1.52. The highest BCUT2D eigenvalue weighted by molar-refractivity contribution is 5.88. The molecule has 0 aliphatic heterocycles. The molecule has 0 spiro atoms. The first-order valence-corrected chi connectivity index (χ1v) is 5.81. The molecule has 1 aromatic rings. The number of carbonyl (C=O) groups excluding carboxylic acids is 1. The average molecular weight is 250 g/mol. The second kappa shape index (κ2) is 7.32. The van der Waals surface area contributed by atoms with Crippen molar-refractivity contribution in [2.45, 2.75) is 19.8 Å². The highest BCUT2D eigenvalue weighted by Gasteiger charge is 2.01. The molecule has 98 valence electrons. The minimum absolute atomic E-state index is 0.376. The molecule has 0 aliphatic carbocycles. The Morgan fingerprint density at radius 2 is 2.33 bits per heavy atom. The van der Waals surface area contributed by atoms with Crippen LogP contribution >= 0.6 is 0 Å². The fraction of sp³-hybridized carbons (Fsp3) is 0.385. The lowest BCUT2D eigenvalue weighted by Gasteiger charge is -2.03. The van der Waals surface area contributed by atoms with Gasteiger partial charge < -0.3 is 15.2 Å². The molecule has 0 atom stereocenters. The van der Waals surface area contributed by atoms with Gasteiger partial charge in [0, 0.05) is 29.6 Å². The number of aromatic nitrogens is 1. The molecule has 1 heterocycles. The predicted molar refractivity (Wildman–Crippen MR) is 70.1 cm³/mol. The van der Waals surface area contributed by atoms with Gasteiger partial charge in [-0.2, -0.15) is 0 Å². The Hall–Kier alpha value is -2.04. The maximum atomic E-state index is 11.3. The monoisotopic (exact) mass is 250 g/mol. The molecule has 0 saturated heterocycles. The lowest BCUT2D eigenvalue weighted by atomic mass is 10.2. The summed E-state index contributed by atoms with van der Waals surface area (Å²) in [6.07, 6.45) is 6.33. The number of unbranched alkanes of at least 4 members (excludes halogenated alkanes) is 1. The predicted octanol–water partition coefficient (Wildman–Crippen LogP) is 2.03. The summed E-state index contributed by atoms with van der Waals surface area (Å²) in [5, 5.41) is 0. The van der Waals surface area contributed by atoms with Crippen molar-refractivity contribution >= 4 is 17.7 Å². The summed E-state index contributed by atoms with van der Waals surface area (Å²) < 4.78 is 9.91. The van der Waals surface area contributed by atoms with Crippen molar-refractivity contribution in [2.24, 2.45) is 0 Å². The van der Waals surface area contributed by atoms with E-state index in [0.29, 0.717) is 23.7 Å².